The van der Waals surface area contributed by atoms with E-state index in [0.29, 0.717) is 0 Å². The number of carbonyl (C=O) groups is 1. The normalized spacial score (nSPS) is 17.4. The van der Waals surface area contributed by atoms with E-state index in [9.17, 15) is 4.79 Å². The molecule has 0 radical (unpaired) electrons. The number of aryl methyl sites for hydroxylation is 1. The highest BCUT2D eigenvalue weighted by molar-refractivity contribution is 7.07. The average Bonchev–Trinajstić information content (AvgIpc) is 2.87. The van der Waals surface area contributed by atoms with Gasteiger partial charge >= 0.3 is 6.03 Å². The summed E-state index contributed by atoms with van der Waals surface area (Å²) in [6.07, 6.45) is 4.18. The molecule has 1 fully saturated rings. The molecule has 0 saturated carbocycles. The second-order valence-corrected chi connectivity index (χ2v) is 4.43. The average molecular weight is 225 g/mol. The van der Waals surface area contributed by atoms with Gasteiger partial charge in [0.25, 0.3) is 0 Å². The lowest BCUT2D eigenvalue weighted by Gasteiger charge is -2.10. The molecule has 0 unspecified atom stereocenters. The van der Waals surface area contributed by atoms with Crippen LogP contribution < -0.4 is 4.80 Å². The van der Waals surface area contributed by atoms with Gasteiger partial charge in [0, 0.05) is 31.2 Å². The van der Waals surface area contributed by atoms with Crippen LogP contribution in [0.4, 0.5) is 4.79 Å². The molecule has 4 nitrogen and oxygen atoms in total. The molecule has 2 heterocycles. The zero-order chi connectivity index (χ0) is 10.7. The van der Waals surface area contributed by atoms with Crippen LogP contribution in [-0.2, 0) is 6.54 Å². The van der Waals surface area contributed by atoms with Crippen molar-refractivity contribution in [3.05, 3.63) is 16.4 Å². The van der Waals surface area contributed by atoms with Gasteiger partial charge in [0.2, 0.25) is 0 Å². The van der Waals surface area contributed by atoms with Crippen LogP contribution in [0.5, 0.6) is 0 Å². The van der Waals surface area contributed by atoms with Crippen LogP contribution in [0.3, 0.4) is 0 Å². The zero-order valence-corrected chi connectivity index (χ0v) is 9.66. The number of urea groups is 1. The first kappa shape index (κ1) is 10.4. The van der Waals surface area contributed by atoms with Gasteiger partial charge in [-0.25, -0.2) is 4.79 Å². The molecule has 0 spiro atoms. The topological polar surface area (TPSA) is 37.6 Å². The molecule has 2 rings (SSSR count). The van der Waals surface area contributed by atoms with Crippen LogP contribution >= 0.6 is 11.3 Å². The van der Waals surface area contributed by atoms with E-state index in [1.165, 1.54) is 11.3 Å². The van der Waals surface area contributed by atoms with Crippen LogP contribution in [0.25, 0.3) is 0 Å². The Morgan fingerprint density at radius 2 is 2.27 bits per heavy atom. The van der Waals surface area contributed by atoms with Crippen molar-refractivity contribution in [1.82, 2.24) is 9.47 Å². The fourth-order valence-electron chi connectivity index (χ4n) is 1.69. The summed E-state index contributed by atoms with van der Waals surface area (Å²) in [4.78, 5) is 18.5. The summed E-state index contributed by atoms with van der Waals surface area (Å²) in [5, 5.41) is 1.96. The van der Waals surface area contributed by atoms with Crippen LogP contribution in [-0.4, -0.2) is 28.6 Å². The van der Waals surface area contributed by atoms with Gasteiger partial charge in [0.05, 0.1) is 0 Å². The van der Waals surface area contributed by atoms with E-state index in [-0.39, 0.29) is 6.03 Å². The number of likely N-dealkylation sites (tertiary alicyclic amines) is 1. The lowest BCUT2D eigenvalue weighted by atomic mass is 10.4. The van der Waals surface area contributed by atoms with Crippen LogP contribution in [0.1, 0.15) is 19.8 Å². The largest absolute Gasteiger partial charge is 0.346 e. The Balaban J connectivity index is 2.18. The van der Waals surface area contributed by atoms with E-state index in [2.05, 4.69) is 4.99 Å². The molecule has 0 bridgehead atoms. The van der Waals surface area contributed by atoms with Gasteiger partial charge in [-0.05, 0) is 19.8 Å². The number of amides is 2. The fourth-order valence-corrected chi connectivity index (χ4v) is 2.47. The number of carbonyl (C=O) groups excluding carboxylic acids is 1. The maximum Gasteiger partial charge on any atom is 0.346 e. The predicted molar refractivity (Wildman–Crippen MR) is 59.7 cm³/mol. The first-order chi connectivity index (χ1) is 7.31. The molecule has 1 aromatic rings. The number of aromatic nitrogens is 1. The van der Waals surface area contributed by atoms with Crippen LogP contribution in [0, 0.1) is 0 Å². The lowest BCUT2D eigenvalue weighted by molar-refractivity contribution is 0.218. The highest BCUT2D eigenvalue weighted by Gasteiger charge is 2.16. The molecule has 2 amide bonds. The Hall–Kier alpha value is -1.10. The SMILES string of the molecule is CCn1ccsc1=NC(=O)N1CCCC1. The van der Waals surface area contributed by atoms with Crippen molar-refractivity contribution in [2.75, 3.05) is 13.1 Å². The first-order valence-corrected chi connectivity index (χ1v) is 6.17. The molecule has 0 aromatic carbocycles. The van der Waals surface area contributed by atoms with Gasteiger partial charge in [-0.2, -0.15) is 4.99 Å². The maximum absolute atomic E-state index is 11.7. The van der Waals surface area contributed by atoms with E-state index < -0.39 is 0 Å². The number of nitrogens with zero attached hydrogens (tertiary/aromatic N) is 3. The number of thiazole rings is 1. The molecule has 0 aliphatic carbocycles. The van der Waals surface area contributed by atoms with Crippen LogP contribution in [0.2, 0.25) is 0 Å². The molecule has 0 N–H and O–H groups in total. The first-order valence-electron chi connectivity index (χ1n) is 5.29. The van der Waals surface area contributed by atoms with Crippen molar-refractivity contribution in [3.63, 3.8) is 0 Å². The summed E-state index contributed by atoms with van der Waals surface area (Å²) in [6.45, 7) is 4.63. The number of hydrogen-bond acceptors (Lipinski definition) is 2. The Kier molecular flexibility index (Phi) is 3.20. The Bertz CT molecular complexity index is 401. The van der Waals surface area contributed by atoms with E-state index >= 15 is 0 Å². The van der Waals surface area contributed by atoms with Gasteiger partial charge in [0.15, 0.2) is 4.80 Å². The third-order valence-corrected chi connectivity index (χ3v) is 3.36. The Morgan fingerprint density at radius 1 is 1.53 bits per heavy atom. The lowest BCUT2D eigenvalue weighted by Crippen LogP contribution is -2.27. The van der Waals surface area contributed by atoms with Gasteiger partial charge in [0.1, 0.15) is 0 Å². The predicted octanol–water partition coefficient (Wildman–Crippen LogP) is 1.69. The summed E-state index contributed by atoms with van der Waals surface area (Å²) in [5.74, 6) is 0. The van der Waals surface area contributed by atoms with Gasteiger partial charge in [-0.1, -0.05) is 0 Å². The smallest absolute Gasteiger partial charge is 0.324 e. The summed E-state index contributed by atoms with van der Waals surface area (Å²) < 4.78 is 1.98. The molecule has 82 valence electrons. The van der Waals surface area contributed by atoms with Crippen molar-refractivity contribution in [3.8, 4) is 0 Å². The second kappa shape index (κ2) is 4.61. The molecule has 15 heavy (non-hydrogen) atoms. The maximum atomic E-state index is 11.7. The van der Waals surface area contributed by atoms with Crippen molar-refractivity contribution in [1.29, 1.82) is 0 Å². The quantitative estimate of drug-likeness (QED) is 0.716. The van der Waals surface area contributed by atoms with Crippen molar-refractivity contribution < 1.29 is 4.79 Å². The Labute approximate surface area is 92.9 Å². The standard InChI is InChI=1S/C10H15N3OS/c1-2-12-7-8-15-10(12)11-9(14)13-5-3-4-6-13/h7-8H,2-6H2,1H3. The third kappa shape index (κ3) is 2.28. The van der Waals surface area contributed by atoms with E-state index in [4.69, 9.17) is 0 Å². The molecule has 1 aromatic heterocycles. The zero-order valence-electron chi connectivity index (χ0n) is 8.85. The number of rotatable bonds is 1. The summed E-state index contributed by atoms with van der Waals surface area (Å²) >= 11 is 1.51. The molecule has 5 heteroatoms. The molecule has 1 saturated heterocycles. The Morgan fingerprint density at radius 3 is 2.93 bits per heavy atom. The van der Waals surface area contributed by atoms with Gasteiger partial charge in [-0.15, -0.1) is 11.3 Å². The molecule has 0 atom stereocenters. The van der Waals surface area contributed by atoms with Crippen molar-refractivity contribution in [2.24, 2.45) is 4.99 Å². The molecular weight excluding hydrogens is 210 g/mol. The van der Waals surface area contributed by atoms with Gasteiger partial charge < -0.3 is 9.47 Å². The fraction of sp³-hybridized carbons (Fsp3) is 0.600. The molecule has 1 aliphatic heterocycles. The summed E-state index contributed by atoms with van der Waals surface area (Å²) in [5.41, 5.74) is 0. The van der Waals surface area contributed by atoms with E-state index in [1.807, 2.05) is 28.0 Å². The highest BCUT2D eigenvalue weighted by Crippen LogP contribution is 2.08. The van der Waals surface area contributed by atoms with Gasteiger partial charge in [-0.3, -0.25) is 0 Å². The van der Waals surface area contributed by atoms with Crippen molar-refractivity contribution in [2.45, 2.75) is 26.3 Å². The van der Waals surface area contributed by atoms with Crippen molar-refractivity contribution >= 4 is 17.4 Å². The minimum absolute atomic E-state index is 0.0860. The minimum atomic E-state index is -0.0860. The molecule has 1 aliphatic rings. The minimum Gasteiger partial charge on any atom is -0.324 e. The number of hydrogen-bond donors (Lipinski definition) is 0. The highest BCUT2D eigenvalue weighted by atomic mass is 32.1. The van der Waals surface area contributed by atoms with E-state index in [1.54, 1.807) is 0 Å². The summed E-state index contributed by atoms with van der Waals surface area (Å²) in [6, 6.07) is -0.0860. The van der Waals surface area contributed by atoms with Crippen LogP contribution in [0.15, 0.2) is 16.6 Å². The summed E-state index contributed by atoms with van der Waals surface area (Å²) in [7, 11) is 0. The third-order valence-electron chi connectivity index (χ3n) is 2.57. The van der Waals surface area contributed by atoms with E-state index in [0.717, 1.165) is 37.3 Å². The molecular formula is C10H15N3OS. The second-order valence-electron chi connectivity index (χ2n) is 3.56. The monoisotopic (exact) mass is 225 g/mol.